The number of urea groups is 1. The molecule has 3 amide bonds. The van der Waals surface area contributed by atoms with Crippen LogP contribution in [0.4, 0.5) is 4.79 Å². The molecule has 6 heteroatoms. The van der Waals surface area contributed by atoms with Gasteiger partial charge in [0.15, 0.2) is 0 Å². The highest BCUT2D eigenvalue weighted by Gasteiger charge is 2.27. The lowest BCUT2D eigenvalue weighted by molar-refractivity contribution is 0.0948. The predicted molar refractivity (Wildman–Crippen MR) is 118 cm³/mol. The summed E-state index contributed by atoms with van der Waals surface area (Å²) in [5, 5.41) is 5.86. The Hall–Kier alpha value is -3.15. The first-order valence-corrected chi connectivity index (χ1v) is 10.4. The van der Waals surface area contributed by atoms with Crippen molar-refractivity contribution in [2.45, 2.75) is 39.2 Å². The molecule has 1 saturated heterocycles. The van der Waals surface area contributed by atoms with Gasteiger partial charge in [0, 0.05) is 37.8 Å². The van der Waals surface area contributed by atoms with E-state index in [0.717, 1.165) is 35.4 Å². The fraction of sp³-hybridized carbons (Fsp3) is 0.375. The molecule has 3 rings (SSSR count). The summed E-state index contributed by atoms with van der Waals surface area (Å²) in [4.78, 5) is 31.7. The van der Waals surface area contributed by atoms with Crippen LogP contribution in [-0.2, 0) is 6.54 Å². The molecule has 1 aliphatic heterocycles. The number of benzene rings is 1. The maximum Gasteiger partial charge on any atom is 0.317 e. The van der Waals surface area contributed by atoms with Crippen molar-refractivity contribution in [2.24, 2.45) is 0 Å². The Bertz CT molecular complexity index is 917. The van der Waals surface area contributed by atoms with E-state index in [-0.39, 0.29) is 17.9 Å². The van der Waals surface area contributed by atoms with E-state index in [1.165, 1.54) is 0 Å². The monoisotopic (exact) mass is 406 g/mol. The average molecular weight is 407 g/mol. The molecule has 1 aliphatic rings. The van der Waals surface area contributed by atoms with E-state index in [4.69, 9.17) is 4.98 Å². The lowest BCUT2D eigenvalue weighted by atomic mass is 9.90. The number of likely N-dealkylation sites (tertiary alicyclic amines) is 1. The number of aryl methyl sites for hydroxylation is 2. The van der Waals surface area contributed by atoms with Crippen molar-refractivity contribution in [3.63, 3.8) is 0 Å². The molecule has 0 unspecified atom stereocenters. The van der Waals surface area contributed by atoms with Gasteiger partial charge in [-0.1, -0.05) is 30.3 Å². The van der Waals surface area contributed by atoms with Gasteiger partial charge in [0.05, 0.1) is 11.3 Å². The summed E-state index contributed by atoms with van der Waals surface area (Å²) in [6.07, 6.45) is 3.25. The number of hydrogen-bond acceptors (Lipinski definition) is 3. The van der Waals surface area contributed by atoms with Gasteiger partial charge in [0.2, 0.25) is 0 Å². The molecule has 0 radical (unpaired) electrons. The van der Waals surface area contributed by atoms with Crippen LogP contribution >= 0.6 is 0 Å². The fourth-order valence-corrected chi connectivity index (χ4v) is 3.79. The highest BCUT2D eigenvalue weighted by atomic mass is 16.2. The summed E-state index contributed by atoms with van der Waals surface area (Å²) in [7, 11) is 0. The molecule has 0 saturated carbocycles. The number of pyridine rings is 1. The smallest absolute Gasteiger partial charge is 0.317 e. The Morgan fingerprint density at radius 1 is 1.13 bits per heavy atom. The summed E-state index contributed by atoms with van der Waals surface area (Å²) in [5.41, 5.74) is 4.62. The van der Waals surface area contributed by atoms with Gasteiger partial charge in [-0.25, -0.2) is 4.79 Å². The summed E-state index contributed by atoms with van der Waals surface area (Å²) < 4.78 is 0. The van der Waals surface area contributed by atoms with Crippen LogP contribution in [0.25, 0.3) is 0 Å². The van der Waals surface area contributed by atoms with Crippen LogP contribution in [0, 0.1) is 13.8 Å². The number of carbonyl (C=O) groups is 2. The molecule has 1 aromatic carbocycles. The van der Waals surface area contributed by atoms with Crippen molar-refractivity contribution in [2.75, 3.05) is 19.6 Å². The second-order valence-electron chi connectivity index (χ2n) is 7.73. The van der Waals surface area contributed by atoms with Gasteiger partial charge in [-0.3, -0.25) is 9.78 Å². The molecule has 158 valence electrons. The largest absolute Gasteiger partial charge is 0.348 e. The number of carbonyl (C=O) groups excluding carboxylic acids is 2. The molecule has 0 aliphatic carbocycles. The van der Waals surface area contributed by atoms with Crippen LogP contribution in [0.3, 0.4) is 0 Å². The lowest BCUT2D eigenvalue weighted by Crippen LogP contribution is -2.44. The molecule has 0 spiro atoms. The minimum absolute atomic E-state index is 0.0678. The quantitative estimate of drug-likeness (QED) is 0.719. The molecule has 2 heterocycles. The first kappa shape index (κ1) is 21.6. The second kappa shape index (κ2) is 10.1. The molecule has 1 aromatic heterocycles. The van der Waals surface area contributed by atoms with Gasteiger partial charge in [0.1, 0.15) is 0 Å². The Labute approximate surface area is 178 Å². The second-order valence-corrected chi connectivity index (χ2v) is 7.73. The van der Waals surface area contributed by atoms with E-state index in [1.807, 2.05) is 55.1 Å². The van der Waals surface area contributed by atoms with Gasteiger partial charge in [-0.2, -0.15) is 0 Å². The zero-order valence-corrected chi connectivity index (χ0v) is 17.8. The Morgan fingerprint density at radius 2 is 1.87 bits per heavy atom. The van der Waals surface area contributed by atoms with Gasteiger partial charge in [-0.15, -0.1) is 6.58 Å². The number of nitrogens with one attached hydrogen (secondary N) is 2. The minimum atomic E-state index is -0.105. The van der Waals surface area contributed by atoms with Crippen molar-refractivity contribution >= 4 is 11.9 Å². The number of rotatable bonds is 6. The van der Waals surface area contributed by atoms with Gasteiger partial charge >= 0.3 is 6.03 Å². The van der Waals surface area contributed by atoms with Crippen LogP contribution in [0.1, 0.15) is 51.6 Å². The third-order valence-corrected chi connectivity index (χ3v) is 5.58. The third-order valence-electron chi connectivity index (χ3n) is 5.58. The SMILES string of the molecule is C=CCNC(=O)N1CCC(c2nc(C)ccc2C(=O)NCc2ccccc2C)CC1. The minimum Gasteiger partial charge on any atom is -0.348 e. The Morgan fingerprint density at radius 3 is 2.57 bits per heavy atom. The number of amides is 3. The molecule has 2 N–H and O–H groups in total. The van der Waals surface area contributed by atoms with Crippen LogP contribution in [0.15, 0.2) is 49.1 Å². The van der Waals surface area contributed by atoms with Crippen LogP contribution in [0.2, 0.25) is 0 Å². The van der Waals surface area contributed by atoms with Gasteiger partial charge < -0.3 is 15.5 Å². The summed E-state index contributed by atoms with van der Waals surface area (Å²) in [5.74, 6) is 0.0551. The average Bonchev–Trinajstić information content (AvgIpc) is 2.76. The van der Waals surface area contributed by atoms with E-state index in [2.05, 4.69) is 17.2 Å². The number of hydrogen-bond donors (Lipinski definition) is 2. The summed E-state index contributed by atoms with van der Waals surface area (Å²) in [6.45, 7) is 9.85. The van der Waals surface area contributed by atoms with Crippen LogP contribution in [0.5, 0.6) is 0 Å². The highest BCUT2D eigenvalue weighted by molar-refractivity contribution is 5.95. The van der Waals surface area contributed by atoms with Crippen LogP contribution < -0.4 is 10.6 Å². The number of piperidine rings is 1. The maximum absolute atomic E-state index is 13.0. The summed E-state index contributed by atoms with van der Waals surface area (Å²) in [6, 6.07) is 11.7. The van der Waals surface area contributed by atoms with E-state index in [1.54, 1.807) is 6.08 Å². The maximum atomic E-state index is 13.0. The van der Waals surface area contributed by atoms with Crippen molar-refractivity contribution < 1.29 is 9.59 Å². The zero-order valence-electron chi connectivity index (χ0n) is 17.8. The Kier molecular flexibility index (Phi) is 7.22. The van der Waals surface area contributed by atoms with Crippen molar-refractivity contribution in [1.82, 2.24) is 20.5 Å². The molecular weight excluding hydrogens is 376 g/mol. The molecule has 2 aromatic rings. The number of aromatic nitrogens is 1. The van der Waals surface area contributed by atoms with E-state index >= 15 is 0 Å². The topological polar surface area (TPSA) is 74.3 Å². The Balaban J connectivity index is 1.68. The van der Waals surface area contributed by atoms with E-state index in [9.17, 15) is 9.59 Å². The lowest BCUT2D eigenvalue weighted by Gasteiger charge is -2.32. The van der Waals surface area contributed by atoms with Crippen molar-refractivity contribution in [3.8, 4) is 0 Å². The first-order valence-electron chi connectivity index (χ1n) is 10.4. The van der Waals surface area contributed by atoms with Crippen molar-refractivity contribution in [3.05, 3.63) is 77.1 Å². The molecule has 6 nitrogen and oxygen atoms in total. The standard InChI is InChI=1S/C24H30N4O2/c1-4-13-25-24(30)28-14-11-19(12-15-28)22-21(10-9-18(3)27-22)23(29)26-16-20-8-6-5-7-17(20)2/h4-10,19H,1,11-16H2,2-3H3,(H,25,30)(H,26,29). The van der Waals surface area contributed by atoms with Gasteiger partial charge in [-0.05, 0) is 49.9 Å². The van der Waals surface area contributed by atoms with Gasteiger partial charge in [0.25, 0.3) is 5.91 Å². The number of nitrogens with zero attached hydrogens (tertiary/aromatic N) is 2. The van der Waals surface area contributed by atoms with Crippen LogP contribution in [-0.4, -0.2) is 41.5 Å². The fourth-order valence-electron chi connectivity index (χ4n) is 3.79. The van der Waals surface area contributed by atoms with E-state index < -0.39 is 0 Å². The molecule has 30 heavy (non-hydrogen) atoms. The summed E-state index contributed by atoms with van der Waals surface area (Å²) >= 11 is 0. The molecule has 0 bridgehead atoms. The van der Waals surface area contributed by atoms with E-state index in [0.29, 0.717) is 31.7 Å². The molecular formula is C24H30N4O2. The zero-order chi connectivity index (χ0) is 21.5. The normalized spacial score (nSPS) is 14.3. The first-order chi connectivity index (χ1) is 14.5. The highest BCUT2D eigenvalue weighted by Crippen LogP contribution is 2.29. The third kappa shape index (κ3) is 5.26. The van der Waals surface area contributed by atoms with Crippen molar-refractivity contribution in [1.29, 1.82) is 0 Å². The molecule has 0 atom stereocenters. The predicted octanol–water partition coefficient (Wildman–Crippen LogP) is 3.70. The molecule has 1 fully saturated rings.